The summed E-state index contributed by atoms with van der Waals surface area (Å²) in [5, 5.41) is 17.7. The molecule has 1 unspecified atom stereocenters. The number of thioether (sulfide) groups is 1. The molecule has 0 heterocycles. The van der Waals surface area contributed by atoms with Crippen molar-refractivity contribution in [3.63, 3.8) is 0 Å². The highest BCUT2D eigenvalue weighted by molar-refractivity contribution is 8.02. The first-order chi connectivity index (χ1) is 5.54. The van der Waals surface area contributed by atoms with E-state index in [0.717, 1.165) is 17.8 Å². The third kappa shape index (κ3) is 5.75. The summed E-state index contributed by atoms with van der Waals surface area (Å²) >= 11 is 1.05. The summed E-state index contributed by atoms with van der Waals surface area (Å²) in [6, 6.07) is -0.951. The molecule has 12 heavy (non-hydrogen) atoms. The van der Waals surface area contributed by atoms with Crippen molar-refractivity contribution in [3.05, 3.63) is 11.5 Å². The molecular formula is C6H9NO4S. The molecule has 0 amide bonds. The van der Waals surface area contributed by atoms with Crippen molar-refractivity contribution in [2.75, 3.05) is 5.75 Å². The van der Waals surface area contributed by atoms with E-state index < -0.39 is 18.0 Å². The Morgan fingerprint density at radius 2 is 2.08 bits per heavy atom. The molecule has 0 spiro atoms. The van der Waals surface area contributed by atoms with E-state index in [4.69, 9.17) is 15.9 Å². The zero-order chi connectivity index (χ0) is 9.56. The second-order valence-electron chi connectivity index (χ2n) is 1.92. The molecule has 0 saturated heterocycles. The summed E-state index contributed by atoms with van der Waals surface area (Å²) in [5.41, 5.74) is 5.13. The first-order valence-electron chi connectivity index (χ1n) is 3.03. The van der Waals surface area contributed by atoms with Gasteiger partial charge in [0.15, 0.2) is 0 Å². The van der Waals surface area contributed by atoms with Crippen molar-refractivity contribution in [1.82, 2.24) is 0 Å². The fraction of sp³-hybridized carbons (Fsp3) is 0.333. The van der Waals surface area contributed by atoms with Crippen LogP contribution in [0.3, 0.4) is 0 Å². The Kier molecular flexibility index (Phi) is 5.14. The number of rotatable bonds is 5. The normalized spacial score (nSPS) is 13.1. The Balaban J connectivity index is 3.56. The van der Waals surface area contributed by atoms with Crippen LogP contribution in [0.4, 0.5) is 0 Å². The topological polar surface area (TPSA) is 101 Å². The van der Waals surface area contributed by atoms with Crippen molar-refractivity contribution in [3.8, 4) is 0 Å². The minimum atomic E-state index is -1.09. The SMILES string of the molecule is NC(CS/C=C/C(=O)O)C(=O)O. The van der Waals surface area contributed by atoms with Crippen molar-refractivity contribution >= 4 is 23.7 Å². The average Bonchev–Trinajstić information content (AvgIpc) is 1.97. The van der Waals surface area contributed by atoms with E-state index in [1.165, 1.54) is 5.41 Å². The van der Waals surface area contributed by atoms with Crippen LogP contribution in [-0.4, -0.2) is 33.9 Å². The third-order valence-corrected chi connectivity index (χ3v) is 1.78. The maximum absolute atomic E-state index is 10.1. The molecule has 1 atom stereocenters. The molecule has 0 rings (SSSR count). The Hall–Kier alpha value is -1.01. The number of aliphatic carboxylic acids is 2. The Bertz CT molecular complexity index is 204. The number of hydrogen-bond donors (Lipinski definition) is 3. The van der Waals surface area contributed by atoms with Gasteiger partial charge in [-0.2, -0.15) is 0 Å². The van der Waals surface area contributed by atoms with Crippen molar-refractivity contribution in [2.24, 2.45) is 5.73 Å². The van der Waals surface area contributed by atoms with Crippen molar-refractivity contribution in [2.45, 2.75) is 6.04 Å². The second kappa shape index (κ2) is 5.62. The van der Waals surface area contributed by atoms with Crippen LogP contribution in [0.25, 0.3) is 0 Å². The lowest BCUT2D eigenvalue weighted by Crippen LogP contribution is -2.32. The molecule has 0 aromatic carbocycles. The second-order valence-corrected chi connectivity index (χ2v) is 2.86. The van der Waals surface area contributed by atoms with Gasteiger partial charge >= 0.3 is 11.9 Å². The van der Waals surface area contributed by atoms with E-state index in [1.54, 1.807) is 0 Å². The van der Waals surface area contributed by atoms with Crippen LogP contribution in [-0.2, 0) is 9.59 Å². The number of carbonyl (C=O) groups is 2. The van der Waals surface area contributed by atoms with Crippen LogP contribution >= 0.6 is 11.8 Å². The zero-order valence-corrected chi connectivity index (χ0v) is 6.95. The maximum Gasteiger partial charge on any atom is 0.328 e. The van der Waals surface area contributed by atoms with Crippen LogP contribution in [0.2, 0.25) is 0 Å². The lowest BCUT2D eigenvalue weighted by atomic mass is 10.4. The van der Waals surface area contributed by atoms with E-state index in [0.29, 0.717) is 0 Å². The summed E-state index contributed by atoms with van der Waals surface area (Å²) in [6.07, 6.45) is 0.930. The summed E-state index contributed by atoms with van der Waals surface area (Å²) in [5.74, 6) is -1.99. The van der Waals surface area contributed by atoms with Crippen LogP contribution in [0.5, 0.6) is 0 Å². The molecule has 6 heteroatoms. The van der Waals surface area contributed by atoms with Crippen LogP contribution in [0, 0.1) is 0 Å². The van der Waals surface area contributed by atoms with Gasteiger partial charge in [-0.05, 0) is 5.41 Å². The highest BCUT2D eigenvalue weighted by atomic mass is 32.2. The van der Waals surface area contributed by atoms with Crippen molar-refractivity contribution < 1.29 is 19.8 Å². The molecule has 0 aromatic rings. The standard InChI is InChI=1S/C6H9NO4S/c7-4(6(10)11)3-12-2-1-5(8)9/h1-2,4H,3,7H2,(H,8,9)(H,10,11)/b2-1+. The summed E-state index contributed by atoms with van der Waals surface area (Å²) < 4.78 is 0. The van der Waals surface area contributed by atoms with E-state index >= 15 is 0 Å². The minimum absolute atomic E-state index is 0.166. The highest BCUT2D eigenvalue weighted by Crippen LogP contribution is 2.03. The highest BCUT2D eigenvalue weighted by Gasteiger charge is 2.09. The van der Waals surface area contributed by atoms with E-state index in [-0.39, 0.29) is 5.75 Å². The van der Waals surface area contributed by atoms with Gasteiger partial charge in [0.25, 0.3) is 0 Å². The van der Waals surface area contributed by atoms with Gasteiger partial charge in [0.05, 0.1) is 0 Å². The van der Waals surface area contributed by atoms with E-state index in [2.05, 4.69) is 0 Å². The van der Waals surface area contributed by atoms with E-state index in [1.807, 2.05) is 0 Å². The summed E-state index contributed by atoms with van der Waals surface area (Å²) in [6.45, 7) is 0. The van der Waals surface area contributed by atoms with Crippen LogP contribution < -0.4 is 5.73 Å². The quantitative estimate of drug-likeness (QED) is 0.517. The summed E-state index contributed by atoms with van der Waals surface area (Å²) in [4.78, 5) is 20.1. The molecule has 68 valence electrons. The molecule has 0 radical (unpaired) electrons. The average molecular weight is 191 g/mol. The van der Waals surface area contributed by atoms with Gasteiger partial charge in [-0.15, -0.1) is 11.8 Å². The number of nitrogens with two attached hydrogens (primary N) is 1. The zero-order valence-electron chi connectivity index (χ0n) is 6.14. The molecule has 0 bridgehead atoms. The third-order valence-electron chi connectivity index (χ3n) is 0.900. The molecule has 0 aliphatic rings. The molecule has 0 fully saturated rings. The lowest BCUT2D eigenvalue weighted by Gasteiger charge is -2.01. The van der Waals surface area contributed by atoms with Gasteiger partial charge in [0, 0.05) is 11.8 Å². The molecule has 0 saturated carbocycles. The van der Waals surface area contributed by atoms with Gasteiger partial charge in [-0.1, -0.05) is 0 Å². The van der Waals surface area contributed by atoms with Gasteiger partial charge in [-0.3, -0.25) is 4.79 Å². The Morgan fingerprint density at radius 1 is 1.50 bits per heavy atom. The molecule has 0 aliphatic carbocycles. The first kappa shape index (κ1) is 11.0. The van der Waals surface area contributed by atoms with Crippen LogP contribution in [0.15, 0.2) is 11.5 Å². The fourth-order valence-electron chi connectivity index (χ4n) is 0.337. The maximum atomic E-state index is 10.1. The van der Waals surface area contributed by atoms with Gasteiger partial charge < -0.3 is 15.9 Å². The predicted octanol–water partition coefficient (Wildman–Crippen LogP) is -0.270. The molecule has 0 aromatic heterocycles. The van der Waals surface area contributed by atoms with Crippen molar-refractivity contribution in [1.29, 1.82) is 0 Å². The van der Waals surface area contributed by atoms with Gasteiger partial charge in [-0.25, -0.2) is 4.79 Å². The summed E-state index contributed by atoms with van der Waals surface area (Å²) in [7, 11) is 0. The molecule has 4 N–H and O–H groups in total. The smallest absolute Gasteiger partial charge is 0.328 e. The molecule has 5 nitrogen and oxygen atoms in total. The minimum Gasteiger partial charge on any atom is -0.480 e. The Morgan fingerprint density at radius 3 is 2.50 bits per heavy atom. The first-order valence-corrected chi connectivity index (χ1v) is 4.08. The number of carboxylic acid groups (broad SMARTS) is 2. The molecule has 0 aliphatic heterocycles. The number of carboxylic acids is 2. The molecular weight excluding hydrogens is 182 g/mol. The monoisotopic (exact) mass is 191 g/mol. The van der Waals surface area contributed by atoms with E-state index in [9.17, 15) is 9.59 Å². The fourth-order valence-corrected chi connectivity index (χ4v) is 1.01. The predicted molar refractivity (Wildman–Crippen MR) is 44.8 cm³/mol. The largest absolute Gasteiger partial charge is 0.480 e. The lowest BCUT2D eigenvalue weighted by molar-refractivity contribution is -0.138. The van der Waals surface area contributed by atoms with Gasteiger partial charge in [0.1, 0.15) is 6.04 Å². The number of hydrogen-bond acceptors (Lipinski definition) is 4. The Labute approximate surface area is 73.2 Å². The van der Waals surface area contributed by atoms with Crippen LogP contribution in [0.1, 0.15) is 0 Å². The van der Waals surface area contributed by atoms with Gasteiger partial charge in [0.2, 0.25) is 0 Å².